The van der Waals surface area contributed by atoms with E-state index in [0.717, 1.165) is 17.1 Å². The van der Waals surface area contributed by atoms with Crippen LogP contribution >= 0.6 is 0 Å². The molecule has 0 spiro atoms. The summed E-state index contributed by atoms with van der Waals surface area (Å²) in [6.07, 6.45) is 2.82. The molecule has 2 rings (SSSR count). The van der Waals surface area contributed by atoms with E-state index in [0.29, 0.717) is 0 Å². The number of carbonyl (C=O) groups is 4. The van der Waals surface area contributed by atoms with Gasteiger partial charge in [0.2, 0.25) is 5.91 Å². The predicted molar refractivity (Wildman–Crippen MR) is 51.7 cm³/mol. The zero-order valence-corrected chi connectivity index (χ0v) is 8.43. The second-order valence-electron chi connectivity index (χ2n) is 3.78. The van der Waals surface area contributed by atoms with Gasteiger partial charge in [-0.25, -0.2) is 0 Å². The SMILES string of the molecule is O=C1CC(C(=O)NCN2C(=O)C=CC2=O)C1. The molecule has 16 heavy (non-hydrogen) atoms. The van der Waals surface area contributed by atoms with Crippen LogP contribution in [0.25, 0.3) is 0 Å². The Morgan fingerprint density at radius 2 is 1.81 bits per heavy atom. The Morgan fingerprint density at radius 1 is 1.25 bits per heavy atom. The van der Waals surface area contributed by atoms with Crippen LogP contribution in [0.15, 0.2) is 12.2 Å². The van der Waals surface area contributed by atoms with Gasteiger partial charge in [-0.3, -0.25) is 24.1 Å². The van der Waals surface area contributed by atoms with Gasteiger partial charge in [0, 0.05) is 25.0 Å². The van der Waals surface area contributed by atoms with Gasteiger partial charge in [-0.05, 0) is 0 Å². The number of amides is 3. The third-order valence-electron chi connectivity index (χ3n) is 2.63. The lowest BCUT2D eigenvalue weighted by atomic mass is 9.83. The topological polar surface area (TPSA) is 83.6 Å². The minimum Gasteiger partial charge on any atom is -0.338 e. The van der Waals surface area contributed by atoms with Crippen LogP contribution in [0.4, 0.5) is 0 Å². The number of nitrogens with zero attached hydrogens (tertiary/aromatic N) is 1. The molecule has 0 unspecified atom stereocenters. The first-order chi connectivity index (χ1) is 7.58. The number of rotatable bonds is 3. The molecule has 1 aliphatic carbocycles. The first-order valence-electron chi connectivity index (χ1n) is 4.91. The second-order valence-corrected chi connectivity index (χ2v) is 3.78. The van der Waals surface area contributed by atoms with Crippen molar-refractivity contribution in [1.29, 1.82) is 0 Å². The maximum absolute atomic E-state index is 11.4. The standard InChI is InChI=1S/C10H10N2O4/c13-7-3-6(4-7)10(16)11-5-12-8(14)1-2-9(12)15/h1-2,6H,3-5H2,(H,11,16). The Hall–Kier alpha value is -1.98. The van der Waals surface area contributed by atoms with Crippen molar-refractivity contribution in [2.45, 2.75) is 12.8 Å². The van der Waals surface area contributed by atoms with E-state index in [9.17, 15) is 19.2 Å². The molecular formula is C10H10N2O4. The molecule has 6 heteroatoms. The molecule has 0 aromatic heterocycles. The first kappa shape index (κ1) is 10.5. The predicted octanol–water partition coefficient (Wildman–Crippen LogP) is -1.04. The number of imide groups is 1. The molecular weight excluding hydrogens is 212 g/mol. The minimum atomic E-state index is -0.435. The zero-order chi connectivity index (χ0) is 11.7. The Kier molecular flexibility index (Phi) is 2.55. The Morgan fingerprint density at radius 3 is 2.31 bits per heavy atom. The van der Waals surface area contributed by atoms with Crippen molar-refractivity contribution >= 4 is 23.5 Å². The average molecular weight is 222 g/mol. The van der Waals surface area contributed by atoms with Crippen molar-refractivity contribution in [3.05, 3.63) is 12.2 Å². The molecule has 2 aliphatic rings. The highest BCUT2D eigenvalue weighted by atomic mass is 16.2. The van der Waals surface area contributed by atoms with Crippen LogP contribution in [0, 0.1) is 5.92 Å². The summed E-state index contributed by atoms with van der Waals surface area (Å²) in [5.74, 6) is -1.39. The van der Waals surface area contributed by atoms with Gasteiger partial charge >= 0.3 is 0 Å². The van der Waals surface area contributed by atoms with Crippen LogP contribution in [0.5, 0.6) is 0 Å². The van der Waals surface area contributed by atoms with Crippen LogP contribution < -0.4 is 5.32 Å². The molecule has 0 saturated heterocycles. The molecule has 0 atom stereocenters. The monoisotopic (exact) mass is 222 g/mol. The number of nitrogens with one attached hydrogen (secondary N) is 1. The summed E-state index contributed by atoms with van der Waals surface area (Å²) in [6, 6.07) is 0. The molecule has 1 fully saturated rings. The number of carbonyl (C=O) groups excluding carboxylic acids is 4. The van der Waals surface area contributed by atoms with Crippen molar-refractivity contribution in [3.8, 4) is 0 Å². The van der Waals surface area contributed by atoms with E-state index in [1.807, 2.05) is 0 Å². The summed E-state index contributed by atoms with van der Waals surface area (Å²) in [5.41, 5.74) is 0. The molecule has 1 aliphatic heterocycles. The number of hydrogen-bond acceptors (Lipinski definition) is 4. The maximum Gasteiger partial charge on any atom is 0.255 e. The lowest BCUT2D eigenvalue weighted by molar-refractivity contribution is -0.141. The third kappa shape index (κ3) is 1.86. The average Bonchev–Trinajstić information content (AvgIpc) is 2.51. The number of hydrogen-bond donors (Lipinski definition) is 1. The Balaban J connectivity index is 1.79. The van der Waals surface area contributed by atoms with Gasteiger partial charge in [0.1, 0.15) is 12.5 Å². The third-order valence-corrected chi connectivity index (χ3v) is 2.63. The van der Waals surface area contributed by atoms with E-state index in [4.69, 9.17) is 0 Å². The van der Waals surface area contributed by atoms with Crippen molar-refractivity contribution in [3.63, 3.8) is 0 Å². The van der Waals surface area contributed by atoms with Gasteiger partial charge in [0.05, 0.1) is 5.92 Å². The first-order valence-corrected chi connectivity index (χ1v) is 4.91. The molecule has 0 bridgehead atoms. The molecule has 3 amide bonds. The summed E-state index contributed by atoms with van der Waals surface area (Å²) < 4.78 is 0. The Bertz CT molecular complexity index is 387. The normalized spacial score (nSPS) is 20.2. The summed E-state index contributed by atoms with van der Waals surface area (Å²) in [7, 11) is 0. The highest BCUT2D eigenvalue weighted by Gasteiger charge is 2.33. The van der Waals surface area contributed by atoms with Crippen LogP contribution in [0.2, 0.25) is 0 Å². The summed E-state index contributed by atoms with van der Waals surface area (Å²) in [6.45, 7) is -0.131. The maximum atomic E-state index is 11.4. The van der Waals surface area contributed by atoms with Crippen molar-refractivity contribution < 1.29 is 19.2 Å². The van der Waals surface area contributed by atoms with Crippen molar-refractivity contribution in [1.82, 2.24) is 10.2 Å². The number of ketones is 1. The highest BCUT2D eigenvalue weighted by Crippen LogP contribution is 2.22. The zero-order valence-electron chi connectivity index (χ0n) is 8.43. The van der Waals surface area contributed by atoms with E-state index >= 15 is 0 Å². The quantitative estimate of drug-likeness (QED) is 0.618. The molecule has 0 aromatic carbocycles. The van der Waals surface area contributed by atoms with E-state index in [2.05, 4.69) is 5.32 Å². The molecule has 6 nitrogen and oxygen atoms in total. The number of Topliss-reactive ketones (excluding diaryl/α,β-unsaturated/α-hetero) is 1. The summed E-state index contributed by atoms with van der Waals surface area (Å²) in [5, 5.41) is 2.46. The van der Waals surface area contributed by atoms with E-state index in [1.54, 1.807) is 0 Å². The fraction of sp³-hybridized carbons (Fsp3) is 0.400. The van der Waals surface area contributed by atoms with Gasteiger partial charge in [-0.15, -0.1) is 0 Å². The fourth-order valence-corrected chi connectivity index (χ4v) is 1.56. The lowest BCUT2D eigenvalue weighted by Gasteiger charge is -2.24. The van der Waals surface area contributed by atoms with Crippen LogP contribution in [-0.4, -0.2) is 35.1 Å². The van der Waals surface area contributed by atoms with Crippen LogP contribution in [0.3, 0.4) is 0 Å². The largest absolute Gasteiger partial charge is 0.338 e. The van der Waals surface area contributed by atoms with Gasteiger partial charge in [-0.1, -0.05) is 0 Å². The van der Waals surface area contributed by atoms with E-state index in [1.165, 1.54) is 0 Å². The van der Waals surface area contributed by atoms with Gasteiger partial charge in [-0.2, -0.15) is 0 Å². The second kappa shape index (κ2) is 3.88. The fourth-order valence-electron chi connectivity index (χ4n) is 1.56. The van der Waals surface area contributed by atoms with Crippen LogP contribution in [-0.2, 0) is 19.2 Å². The molecule has 1 N–H and O–H groups in total. The van der Waals surface area contributed by atoms with Crippen molar-refractivity contribution in [2.24, 2.45) is 5.92 Å². The molecule has 84 valence electrons. The van der Waals surface area contributed by atoms with Gasteiger partial charge in [0.15, 0.2) is 0 Å². The van der Waals surface area contributed by atoms with E-state index in [-0.39, 0.29) is 37.1 Å². The summed E-state index contributed by atoms with van der Waals surface area (Å²) >= 11 is 0. The summed E-state index contributed by atoms with van der Waals surface area (Å²) in [4.78, 5) is 45.2. The van der Waals surface area contributed by atoms with Crippen LogP contribution in [0.1, 0.15) is 12.8 Å². The van der Waals surface area contributed by atoms with Gasteiger partial charge < -0.3 is 5.32 Å². The highest BCUT2D eigenvalue weighted by molar-refractivity contribution is 6.13. The van der Waals surface area contributed by atoms with Gasteiger partial charge in [0.25, 0.3) is 11.8 Å². The lowest BCUT2D eigenvalue weighted by Crippen LogP contribution is -2.45. The minimum absolute atomic E-state index is 0.0649. The smallest absolute Gasteiger partial charge is 0.255 e. The Labute approximate surface area is 91.3 Å². The molecule has 0 radical (unpaired) electrons. The van der Waals surface area contributed by atoms with Crippen molar-refractivity contribution in [2.75, 3.05) is 6.67 Å². The molecule has 0 aromatic rings. The van der Waals surface area contributed by atoms with E-state index < -0.39 is 11.8 Å². The molecule has 1 heterocycles. The molecule has 1 saturated carbocycles.